The van der Waals surface area contributed by atoms with Crippen molar-refractivity contribution >= 4 is 23.1 Å². The Morgan fingerprint density at radius 3 is 2.72 bits per heavy atom. The minimum absolute atomic E-state index is 0.00636. The molecule has 3 N–H and O–H groups in total. The lowest BCUT2D eigenvalue weighted by molar-refractivity contribution is -0.121. The number of rotatable bonds is 6. The number of thiocarbonyl (C=S) groups is 1. The Morgan fingerprint density at radius 2 is 2.11 bits per heavy atom. The number of nitrogens with two attached hydrogens (primary N) is 1. The van der Waals surface area contributed by atoms with Gasteiger partial charge in [0.25, 0.3) is 0 Å². The fourth-order valence-electron chi connectivity index (χ4n) is 1.84. The molecule has 0 bridgehead atoms. The molecule has 1 aromatic rings. The van der Waals surface area contributed by atoms with E-state index in [9.17, 15) is 4.79 Å². The molecular formula is C14H20N2OS. The summed E-state index contributed by atoms with van der Waals surface area (Å²) < 4.78 is 0. The first-order chi connectivity index (χ1) is 8.49. The lowest BCUT2D eigenvalue weighted by Crippen LogP contribution is -2.35. The molecule has 0 aliphatic carbocycles. The standard InChI is InChI=1S/C14H20N2OS/c1-10-5-3-4-6-12(10)7-8-14(17)16-11(2)9-13(15)18/h3-6,11H,7-9H2,1-2H3,(H2,15,18)(H,16,17). The van der Waals surface area contributed by atoms with E-state index in [-0.39, 0.29) is 11.9 Å². The van der Waals surface area contributed by atoms with Crippen molar-refractivity contribution in [3.05, 3.63) is 35.4 Å². The molecule has 0 spiro atoms. The van der Waals surface area contributed by atoms with Crippen LogP contribution >= 0.6 is 12.2 Å². The number of carbonyl (C=O) groups is 1. The maximum absolute atomic E-state index is 11.7. The monoisotopic (exact) mass is 264 g/mol. The third kappa shape index (κ3) is 5.27. The number of benzene rings is 1. The fraction of sp³-hybridized carbons (Fsp3) is 0.429. The first-order valence-electron chi connectivity index (χ1n) is 6.11. The normalized spacial score (nSPS) is 11.9. The lowest BCUT2D eigenvalue weighted by Gasteiger charge is -2.13. The van der Waals surface area contributed by atoms with Crippen LogP contribution in [0.1, 0.15) is 30.9 Å². The molecule has 1 rings (SSSR count). The third-order valence-corrected chi connectivity index (χ3v) is 2.96. The number of hydrogen-bond acceptors (Lipinski definition) is 2. The van der Waals surface area contributed by atoms with Crippen LogP contribution in [-0.4, -0.2) is 16.9 Å². The van der Waals surface area contributed by atoms with E-state index in [1.165, 1.54) is 11.1 Å². The second-order valence-corrected chi connectivity index (χ2v) is 5.09. The molecule has 0 radical (unpaired) electrons. The molecule has 1 aromatic carbocycles. The van der Waals surface area contributed by atoms with Gasteiger partial charge < -0.3 is 11.1 Å². The van der Waals surface area contributed by atoms with Crippen LogP contribution in [0.2, 0.25) is 0 Å². The summed E-state index contributed by atoms with van der Waals surface area (Å²) >= 11 is 4.81. The Morgan fingerprint density at radius 1 is 1.44 bits per heavy atom. The summed E-state index contributed by atoms with van der Waals surface area (Å²) in [5, 5.41) is 2.89. The van der Waals surface area contributed by atoms with Gasteiger partial charge in [-0.3, -0.25) is 4.79 Å². The number of carbonyl (C=O) groups excluding carboxylic acids is 1. The van der Waals surface area contributed by atoms with E-state index in [0.717, 1.165) is 6.42 Å². The van der Waals surface area contributed by atoms with Gasteiger partial charge in [-0.1, -0.05) is 36.5 Å². The van der Waals surface area contributed by atoms with Crippen molar-refractivity contribution in [3.8, 4) is 0 Å². The van der Waals surface area contributed by atoms with Gasteiger partial charge in [0.15, 0.2) is 0 Å². The highest BCUT2D eigenvalue weighted by atomic mass is 32.1. The predicted molar refractivity (Wildman–Crippen MR) is 78.5 cm³/mol. The van der Waals surface area contributed by atoms with Gasteiger partial charge >= 0.3 is 0 Å². The van der Waals surface area contributed by atoms with Crippen LogP contribution in [-0.2, 0) is 11.2 Å². The van der Waals surface area contributed by atoms with Gasteiger partial charge in [-0.05, 0) is 31.4 Å². The molecule has 0 saturated heterocycles. The Hall–Kier alpha value is -1.42. The summed E-state index contributed by atoms with van der Waals surface area (Å²) in [5.74, 6) is 0.0435. The molecule has 0 heterocycles. The van der Waals surface area contributed by atoms with E-state index in [2.05, 4.69) is 24.4 Å². The average molecular weight is 264 g/mol. The minimum Gasteiger partial charge on any atom is -0.393 e. The maximum atomic E-state index is 11.7. The molecule has 4 heteroatoms. The third-order valence-electron chi connectivity index (χ3n) is 2.80. The van der Waals surface area contributed by atoms with Crippen LogP contribution in [0.15, 0.2) is 24.3 Å². The fourth-order valence-corrected chi connectivity index (χ4v) is 2.09. The van der Waals surface area contributed by atoms with E-state index in [1.807, 2.05) is 19.1 Å². The topological polar surface area (TPSA) is 55.1 Å². The van der Waals surface area contributed by atoms with Crippen molar-refractivity contribution in [2.24, 2.45) is 5.73 Å². The average Bonchev–Trinajstić information content (AvgIpc) is 2.26. The lowest BCUT2D eigenvalue weighted by atomic mass is 10.0. The van der Waals surface area contributed by atoms with Gasteiger partial charge in [0.2, 0.25) is 5.91 Å². The Bertz CT molecular complexity index is 432. The highest BCUT2D eigenvalue weighted by Gasteiger charge is 2.08. The molecule has 0 aliphatic rings. The van der Waals surface area contributed by atoms with E-state index >= 15 is 0 Å². The summed E-state index contributed by atoms with van der Waals surface area (Å²) in [7, 11) is 0. The molecule has 1 atom stereocenters. The van der Waals surface area contributed by atoms with Gasteiger partial charge in [-0.15, -0.1) is 0 Å². The van der Waals surface area contributed by atoms with E-state index in [1.54, 1.807) is 0 Å². The summed E-state index contributed by atoms with van der Waals surface area (Å²) in [4.78, 5) is 12.2. The van der Waals surface area contributed by atoms with Crippen LogP contribution in [0.25, 0.3) is 0 Å². The number of hydrogen-bond donors (Lipinski definition) is 2. The van der Waals surface area contributed by atoms with Crippen molar-refractivity contribution in [2.75, 3.05) is 0 Å². The first-order valence-corrected chi connectivity index (χ1v) is 6.52. The molecule has 0 aliphatic heterocycles. The minimum atomic E-state index is 0.00636. The summed E-state index contributed by atoms with van der Waals surface area (Å²) in [6, 6.07) is 8.12. The smallest absolute Gasteiger partial charge is 0.220 e. The van der Waals surface area contributed by atoms with Gasteiger partial charge in [0.05, 0.1) is 4.99 Å². The molecule has 0 saturated carbocycles. The molecule has 0 fully saturated rings. The van der Waals surface area contributed by atoms with E-state index in [0.29, 0.717) is 17.8 Å². The van der Waals surface area contributed by atoms with Crippen molar-refractivity contribution in [1.82, 2.24) is 5.32 Å². The zero-order valence-electron chi connectivity index (χ0n) is 10.9. The van der Waals surface area contributed by atoms with Crippen LogP contribution in [0.3, 0.4) is 0 Å². The highest BCUT2D eigenvalue weighted by Crippen LogP contribution is 2.09. The number of nitrogens with one attached hydrogen (secondary N) is 1. The van der Waals surface area contributed by atoms with Gasteiger partial charge in [0.1, 0.15) is 0 Å². The summed E-state index contributed by atoms with van der Waals surface area (Å²) in [5.41, 5.74) is 7.87. The maximum Gasteiger partial charge on any atom is 0.220 e. The second kappa shape index (κ2) is 7.11. The van der Waals surface area contributed by atoms with Crippen molar-refractivity contribution in [2.45, 2.75) is 39.2 Å². The summed E-state index contributed by atoms with van der Waals surface area (Å²) in [6.07, 6.45) is 1.80. The number of amides is 1. The van der Waals surface area contributed by atoms with Crippen LogP contribution in [0, 0.1) is 6.92 Å². The van der Waals surface area contributed by atoms with Gasteiger partial charge in [-0.25, -0.2) is 0 Å². The second-order valence-electron chi connectivity index (χ2n) is 4.57. The quantitative estimate of drug-likeness (QED) is 0.774. The zero-order valence-corrected chi connectivity index (χ0v) is 11.7. The SMILES string of the molecule is Cc1ccccc1CCC(=O)NC(C)CC(N)=S. The van der Waals surface area contributed by atoms with Crippen molar-refractivity contribution in [1.29, 1.82) is 0 Å². The van der Waals surface area contributed by atoms with E-state index in [4.69, 9.17) is 18.0 Å². The largest absolute Gasteiger partial charge is 0.393 e. The molecule has 1 amide bonds. The van der Waals surface area contributed by atoms with Crippen molar-refractivity contribution < 1.29 is 4.79 Å². The van der Waals surface area contributed by atoms with Gasteiger partial charge in [0, 0.05) is 18.9 Å². The molecular weight excluding hydrogens is 244 g/mol. The Balaban J connectivity index is 2.38. The molecule has 3 nitrogen and oxygen atoms in total. The molecule has 18 heavy (non-hydrogen) atoms. The first kappa shape index (κ1) is 14.6. The van der Waals surface area contributed by atoms with E-state index < -0.39 is 0 Å². The highest BCUT2D eigenvalue weighted by molar-refractivity contribution is 7.80. The summed E-state index contributed by atoms with van der Waals surface area (Å²) in [6.45, 7) is 3.97. The Labute approximate surface area is 114 Å². The zero-order chi connectivity index (χ0) is 13.5. The van der Waals surface area contributed by atoms with Crippen LogP contribution in [0.4, 0.5) is 0 Å². The molecule has 1 unspecified atom stereocenters. The van der Waals surface area contributed by atoms with Crippen molar-refractivity contribution in [3.63, 3.8) is 0 Å². The predicted octanol–water partition coefficient (Wildman–Crippen LogP) is 2.11. The van der Waals surface area contributed by atoms with Crippen LogP contribution < -0.4 is 11.1 Å². The number of aryl methyl sites for hydroxylation is 2. The molecule has 98 valence electrons. The molecule has 0 aromatic heterocycles. The van der Waals surface area contributed by atoms with Gasteiger partial charge in [-0.2, -0.15) is 0 Å². The van der Waals surface area contributed by atoms with Crippen LogP contribution in [0.5, 0.6) is 0 Å². The Kier molecular flexibility index (Phi) is 5.78.